The summed E-state index contributed by atoms with van der Waals surface area (Å²) in [6.07, 6.45) is 3.44. The van der Waals surface area contributed by atoms with E-state index in [1.165, 1.54) is 13.5 Å². The SMILES string of the molecule is COc1ccccc1C(=O)NCC(=O)NC1CC2CCC1(C)C2(C)C. The summed E-state index contributed by atoms with van der Waals surface area (Å²) in [5, 5.41) is 5.85. The zero-order valence-corrected chi connectivity index (χ0v) is 15.5. The van der Waals surface area contributed by atoms with E-state index in [9.17, 15) is 9.59 Å². The van der Waals surface area contributed by atoms with Crippen molar-refractivity contribution >= 4 is 11.8 Å². The van der Waals surface area contributed by atoms with Gasteiger partial charge in [0.1, 0.15) is 5.75 Å². The van der Waals surface area contributed by atoms with Gasteiger partial charge in [-0.3, -0.25) is 9.59 Å². The standard InChI is InChI=1S/C20H28N2O3/c1-19(2)13-9-10-20(19,3)16(11-13)22-17(23)12-21-18(24)14-7-5-6-8-15(14)25-4/h5-8,13,16H,9-12H2,1-4H3,(H,21,24)(H,22,23). The Morgan fingerprint density at radius 3 is 2.56 bits per heavy atom. The van der Waals surface area contributed by atoms with Gasteiger partial charge in [-0.1, -0.05) is 32.9 Å². The number of carbonyl (C=O) groups excluding carboxylic acids is 2. The molecule has 5 heteroatoms. The molecule has 2 amide bonds. The molecular weight excluding hydrogens is 316 g/mol. The quantitative estimate of drug-likeness (QED) is 0.863. The molecule has 2 aliphatic carbocycles. The number of fused-ring (bicyclic) bond motifs is 2. The first-order valence-corrected chi connectivity index (χ1v) is 9.00. The van der Waals surface area contributed by atoms with Crippen LogP contribution in [-0.4, -0.2) is 31.5 Å². The number of para-hydroxylation sites is 1. The van der Waals surface area contributed by atoms with Gasteiger partial charge < -0.3 is 15.4 Å². The zero-order chi connectivity index (χ0) is 18.2. The first-order chi connectivity index (χ1) is 11.8. The van der Waals surface area contributed by atoms with Gasteiger partial charge in [0.15, 0.2) is 0 Å². The first-order valence-electron chi connectivity index (χ1n) is 9.00. The molecule has 0 saturated heterocycles. The van der Waals surface area contributed by atoms with Crippen molar-refractivity contribution < 1.29 is 14.3 Å². The highest BCUT2D eigenvalue weighted by atomic mass is 16.5. The molecule has 1 aromatic rings. The summed E-state index contributed by atoms with van der Waals surface area (Å²) in [6, 6.07) is 7.19. The van der Waals surface area contributed by atoms with Gasteiger partial charge in [0.05, 0.1) is 19.2 Å². The minimum absolute atomic E-state index is 0.0193. The third kappa shape index (κ3) is 2.90. The van der Waals surface area contributed by atoms with E-state index >= 15 is 0 Å². The molecule has 3 rings (SSSR count). The van der Waals surface area contributed by atoms with Crippen molar-refractivity contribution in [3.05, 3.63) is 29.8 Å². The van der Waals surface area contributed by atoms with Crippen molar-refractivity contribution in [1.29, 1.82) is 0 Å². The molecule has 2 saturated carbocycles. The maximum absolute atomic E-state index is 12.4. The summed E-state index contributed by atoms with van der Waals surface area (Å²) in [6.45, 7) is 6.91. The molecule has 2 N–H and O–H groups in total. The summed E-state index contributed by atoms with van der Waals surface area (Å²) in [7, 11) is 1.52. The van der Waals surface area contributed by atoms with Crippen LogP contribution in [0.15, 0.2) is 24.3 Å². The Labute approximate surface area is 149 Å². The van der Waals surface area contributed by atoms with Crippen molar-refractivity contribution in [3.8, 4) is 5.75 Å². The average Bonchev–Trinajstić information content (AvgIpc) is 2.93. The lowest BCUT2D eigenvalue weighted by Gasteiger charge is -2.39. The molecular formula is C20H28N2O3. The van der Waals surface area contributed by atoms with Crippen LogP contribution in [0.5, 0.6) is 5.75 Å². The summed E-state index contributed by atoms with van der Waals surface area (Å²) in [5.74, 6) is 0.749. The highest BCUT2D eigenvalue weighted by molar-refractivity contribution is 5.98. The molecule has 3 unspecified atom stereocenters. The largest absolute Gasteiger partial charge is 0.496 e. The Balaban J connectivity index is 1.57. The fourth-order valence-corrected chi connectivity index (χ4v) is 4.76. The van der Waals surface area contributed by atoms with Crippen LogP contribution in [0.1, 0.15) is 50.4 Å². The van der Waals surface area contributed by atoms with E-state index in [0.29, 0.717) is 17.2 Å². The first kappa shape index (κ1) is 17.8. The Morgan fingerprint density at radius 2 is 1.96 bits per heavy atom. The van der Waals surface area contributed by atoms with Gasteiger partial charge >= 0.3 is 0 Å². The molecule has 0 heterocycles. The highest BCUT2D eigenvalue weighted by Crippen LogP contribution is 2.65. The fraction of sp³-hybridized carbons (Fsp3) is 0.600. The topological polar surface area (TPSA) is 67.4 Å². The molecule has 0 aromatic heterocycles. The van der Waals surface area contributed by atoms with E-state index in [2.05, 4.69) is 31.4 Å². The summed E-state index contributed by atoms with van der Waals surface area (Å²) in [4.78, 5) is 24.7. The van der Waals surface area contributed by atoms with Crippen LogP contribution in [0.25, 0.3) is 0 Å². The number of benzene rings is 1. The Kier molecular flexibility index (Phi) is 4.52. The van der Waals surface area contributed by atoms with E-state index < -0.39 is 0 Å². The molecule has 1 aromatic carbocycles. The van der Waals surface area contributed by atoms with E-state index in [4.69, 9.17) is 4.74 Å². The second kappa shape index (κ2) is 6.36. The number of hydrogen-bond donors (Lipinski definition) is 2. The monoisotopic (exact) mass is 344 g/mol. The Morgan fingerprint density at radius 1 is 1.24 bits per heavy atom. The minimum Gasteiger partial charge on any atom is -0.496 e. The highest BCUT2D eigenvalue weighted by Gasteiger charge is 2.61. The van der Waals surface area contributed by atoms with E-state index in [-0.39, 0.29) is 35.2 Å². The lowest BCUT2D eigenvalue weighted by atomic mass is 9.69. The third-order valence-corrected chi connectivity index (χ3v) is 6.89. The average molecular weight is 344 g/mol. The lowest BCUT2D eigenvalue weighted by Crippen LogP contribution is -2.49. The van der Waals surface area contributed by atoms with Crippen molar-refractivity contribution in [2.45, 2.75) is 46.1 Å². The maximum Gasteiger partial charge on any atom is 0.255 e. The number of methoxy groups -OCH3 is 1. The van der Waals surface area contributed by atoms with E-state index in [1.807, 2.05) is 0 Å². The van der Waals surface area contributed by atoms with Crippen LogP contribution >= 0.6 is 0 Å². The van der Waals surface area contributed by atoms with Crippen LogP contribution in [0.2, 0.25) is 0 Å². The van der Waals surface area contributed by atoms with Crippen LogP contribution in [-0.2, 0) is 4.79 Å². The molecule has 0 aliphatic heterocycles. The van der Waals surface area contributed by atoms with E-state index in [0.717, 1.165) is 12.8 Å². The minimum atomic E-state index is -0.299. The molecule has 2 aliphatic rings. The molecule has 2 bridgehead atoms. The van der Waals surface area contributed by atoms with Crippen LogP contribution < -0.4 is 15.4 Å². The van der Waals surface area contributed by atoms with Crippen molar-refractivity contribution in [2.75, 3.05) is 13.7 Å². The van der Waals surface area contributed by atoms with Gasteiger partial charge in [-0.05, 0) is 48.1 Å². The van der Waals surface area contributed by atoms with Crippen molar-refractivity contribution in [2.24, 2.45) is 16.7 Å². The van der Waals surface area contributed by atoms with Gasteiger partial charge in [0.2, 0.25) is 5.91 Å². The van der Waals surface area contributed by atoms with Crippen LogP contribution in [0, 0.1) is 16.7 Å². The van der Waals surface area contributed by atoms with Crippen molar-refractivity contribution in [3.63, 3.8) is 0 Å². The molecule has 0 spiro atoms. The molecule has 25 heavy (non-hydrogen) atoms. The molecule has 136 valence electrons. The smallest absolute Gasteiger partial charge is 0.255 e. The Hall–Kier alpha value is -2.04. The normalized spacial score (nSPS) is 29.3. The number of rotatable bonds is 5. The lowest BCUT2D eigenvalue weighted by molar-refractivity contribution is -0.121. The second-order valence-electron chi connectivity index (χ2n) is 8.11. The maximum atomic E-state index is 12.4. The Bertz CT molecular complexity index is 685. The number of nitrogens with one attached hydrogen (secondary N) is 2. The third-order valence-electron chi connectivity index (χ3n) is 6.89. The van der Waals surface area contributed by atoms with Gasteiger partial charge in [0, 0.05) is 6.04 Å². The molecule has 3 atom stereocenters. The van der Waals surface area contributed by atoms with Gasteiger partial charge in [0.25, 0.3) is 5.91 Å². The predicted octanol–water partition coefficient (Wildman–Crippen LogP) is 2.76. The van der Waals surface area contributed by atoms with Gasteiger partial charge in [-0.15, -0.1) is 0 Å². The van der Waals surface area contributed by atoms with Gasteiger partial charge in [-0.25, -0.2) is 0 Å². The predicted molar refractivity (Wildman–Crippen MR) is 96.5 cm³/mol. The summed E-state index contributed by atoms with van der Waals surface area (Å²) in [5.41, 5.74) is 0.830. The number of amides is 2. The second-order valence-corrected chi connectivity index (χ2v) is 8.11. The number of hydrogen-bond acceptors (Lipinski definition) is 3. The van der Waals surface area contributed by atoms with Crippen LogP contribution in [0.3, 0.4) is 0 Å². The summed E-state index contributed by atoms with van der Waals surface area (Å²) >= 11 is 0. The van der Waals surface area contributed by atoms with E-state index in [1.54, 1.807) is 24.3 Å². The van der Waals surface area contributed by atoms with Crippen LogP contribution in [0.4, 0.5) is 0 Å². The fourth-order valence-electron chi connectivity index (χ4n) is 4.76. The molecule has 2 fully saturated rings. The molecule has 0 radical (unpaired) electrons. The number of ether oxygens (including phenoxy) is 1. The zero-order valence-electron chi connectivity index (χ0n) is 15.5. The van der Waals surface area contributed by atoms with Crippen molar-refractivity contribution in [1.82, 2.24) is 10.6 Å². The number of carbonyl (C=O) groups is 2. The van der Waals surface area contributed by atoms with Gasteiger partial charge in [-0.2, -0.15) is 0 Å². The summed E-state index contributed by atoms with van der Waals surface area (Å²) < 4.78 is 5.19. The molecule has 5 nitrogen and oxygen atoms in total.